The molecule has 0 unspecified atom stereocenters. The maximum absolute atomic E-state index is 8.36. The van der Waals surface area contributed by atoms with Crippen LogP contribution >= 0.6 is 0 Å². The second-order valence-electron chi connectivity index (χ2n) is 5.93. The van der Waals surface area contributed by atoms with E-state index in [4.69, 9.17) is 5.41 Å². The molecule has 1 saturated heterocycles. The van der Waals surface area contributed by atoms with Crippen molar-refractivity contribution in [2.45, 2.75) is 40.2 Å². The summed E-state index contributed by atoms with van der Waals surface area (Å²) in [5, 5.41) is 15.1. The van der Waals surface area contributed by atoms with Crippen molar-refractivity contribution in [3.63, 3.8) is 0 Å². The van der Waals surface area contributed by atoms with E-state index in [0.717, 1.165) is 44.0 Å². The minimum atomic E-state index is 0.392. The van der Waals surface area contributed by atoms with Crippen LogP contribution in [0.25, 0.3) is 0 Å². The first-order valence-corrected chi connectivity index (χ1v) is 7.47. The molecule has 0 atom stereocenters. The van der Waals surface area contributed by atoms with Gasteiger partial charge >= 0.3 is 0 Å². The Hall–Kier alpha value is -0.870. The fraction of sp³-hybridized carbons (Fsp3) is 0.800. The van der Waals surface area contributed by atoms with Gasteiger partial charge in [0, 0.05) is 31.9 Å². The summed E-state index contributed by atoms with van der Waals surface area (Å²) in [6.07, 6.45) is 3.21. The van der Waals surface area contributed by atoms with Gasteiger partial charge in [-0.15, -0.1) is 0 Å². The summed E-state index contributed by atoms with van der Waals surface area (Å²) in [4.78, 5) is 2.38. The van der Waals surface area contributed by atoms with Crippen LogP contribution in [0.4, 0.5) is 0 Å². The summed E-state index contributed by atoms with van der Waals surface area (Å²) in [5.74, 6) is 0.392. The normalized spacial score (nSPS) is 18.7. The molecule has 3 N–H and O–H groups in total. The lowest BCUT2D eigenvalue weighted by molar-refractivity contribution is 0.332. The van der Waals surface area contributed by atoms with Crippen molar-refractivity contribution in [2.75, 3.05) is 32.7 Å². The molecule has 4 heteroatoms. The highest BCUT2D eigenvalue weighted by Crippen LogP contribution is 2.11. The van der Waals surface area contributed by atoms with Crippen LogP contribution in [-0.4, -0.2) is 49.4 Å². The van der Waals surface area contributed by atoms with Crippen molar-refractivity contribution in [3.8, 4) is 0 Å². The lowest BCUT2D eigenvalue weighted by atomic mass is 9.99. The summed E-state index contributed by atoms with van der Waals surface area (Å²) < 4.78 is 0. The first kappa shape index (κ1) is 16.2. The Morgan fingerprint density at radius 2 is 2.00 bits per heavy atom. The lowest BCUT2D eigenvalue weighted by Crippen LogP contribution is -2.34. The molecule has 1 aliphatic rings. The molecule has 0 radical (unpaired) electrons. The molecule has 0 bridgehead atoms. The van der Waals surface area contributed by atoms with E-state index in [-0.39, 0.29) is 0 Å². The highest BCUT2D eigenvalue weighted by molar-refractivity contribution is 5.99. The van der Waals surface area contributed by atoms with E-state index in [9.17, 15) is 0 Å². The Balaban J connectivity index is 2.58. The largest absolute Gasteiger partial charge is 0.388 e. The summed E-state index contributed by atoms with van der Waals surface area (Å²) >= 11 is 0. The van der Waals surface area contributed by atoms with Crippen molar-refractivity contribution < 1.29 is 0 Å². The molecule has 0 aliphatic carbocycles. The topological polar surface area (TPSA) is 51.2 Å². The van der Waals surface area contributed by atoms with E-state index in [2.05, 4.69) is 43.2 Å². The van der Waals surface area contributed by atoms with Crippen LogP contribution < -0.4 is 10.6 Å². The monoisotopic (exact) mass is 266 g/mol. The van der Waals surface area contributed by atoms with Gasteiger partial charge in [-0.25, -0.2) is 0 Å². The van der Waals surface area contributed by atoms with Crippen LogP contribution in [0.3, 0.4) is 0 Å². The fourth-order valence-corrected chi connectivity index (χ4v) is 2.23. The first-order valence-electron chi connectivity index (χ1n) is 7.47. The summed E-state index contributed by atoms with van der Waals surface area (Å²) in [6.45, 7) is 13.6. The van der Waals surface area contributed by atoms with Gasteiger partial charge in [0.2, 0.25) is 0 Å². The van der Waals surface area contributed by atoms with Gasteiger partial charge in [0.1, 0.15) is 0 Å². The molecule has 0 aromatic carbocycles. The fourth-order valence-electron chi connectivity index (χ4n) is 2.23. The van der Waals surface area contributed by atoms with Crippen molar-refractivity contribution >= 4 is 5.71 Å². The molecule has 1 rings (SSSR count). The minimum Gasteiger partial charge on any atom is -0.388 e. The van der Waals surface area contributed by atoms with Crippen molar-refractivity contribution in [1.29, 1.82) is 5.41 Å². The highest BCUT2D eigenvalue weighted by Gasteiger charge is 2.15. The zero-order valence-electron chi connectivity index (χ0n) is 12.9. The van der Waals surface area contributed by atoms with Gasteiger partial charge < -0.3 is 16.0 Å². The third kappa shape index (κ3) is 6.21. The Kier molecular flexibility index (Phi) is 7.10. The van der Waals surface area contributed by atoms with Gasteiger partial charge in [-0.2, -0.15) is 0 Å². The number of hydrogen-bond acceptors (Lipinski definition) is 4. The standard InChI is InChI=1S/C15H30N4/c1-12(2)14(10-18-13(3)4)15(16)11-19-8-5-6-17-7-9-19/h10,12-13,16-18H,5-9,11H2,1-4H3/b14-10-,16-15?. The SMILES string of the molecule is CC(C)N/C=C(\C(=N)CN1CCCNCC1)C(C)C. The number of nitrogens with zero attached hydrogens (tertiary/aromatic N) is 1. The third-order valence-electron chi connectivity index (χ3n) is 3.36. The van der Waals surface area contributed by atoms with Crippen molar-refractivity contribution in [2.24, 2.45) is 5.92 Å². The van der Waals surface area contributed by atoms with Crippen molar-refractivity contribution in [3.05, 3.63) is 11.8 Å². The van der Waals surface area contributed by atoms with E-state index in [0.29, 0.717) is 12.0 Å². The van der Waals surface area contributed by atoms with Crippen LogP contribution in [-0.2, 0) is 0 Å². The number of nitrogens with one attached hydrogen (secondary N) is 3. The molecule has 1 fully saturated rings. The number of rotatable bonds is 6. The summed E-state index contributed by atoms with van der Waals surface area (Å²) in [5.41, 5.74) is 1.89. The predicted molar refractivity (Wildman–Crippen MR) is 82.8 cm³/mol. The Morgan fingerprint density at radius 1 is 1.26 bits per heavy atom. The smallest absolute Gasteiger partial charge is 0.0503 e. The van der Waals surface area contributed by atoms with Crippen LogP contribution in [0, 0.1) is 11.3 Å². The number of hydrogen-bond donors (Lipinski definition) is 3. The summed E-state index contributed by atoms with van der Waals surface area (Å²) in [6, 6.07) is 0.420. The average molecular weight is 266 g/mol. The Labute approximate surface area is 118 Å². The van der Waals surface area contributed by atoms with Crippen LogP contribution in [0.1, 0.15) is 34.1 Å². The Bertz CT molecular complexity index is 299. The second-order valence-corrected chi connectivity index (χ2v) is 5.93. The molecule has 4 nitrogen and oxygen atoms in total. The van der Waals surface area contributed by atoms with E-state index < -0.39 is 0 Å². The molecule has 19 heavy (non-hydrogen) atoms. The quantitative estimate of drug-likeness (QED) is 0.643. The molecule has 1 heterocycles. The molecule has 110 valence electrons. The minimum absolute atomic E-state index is 0.392. The summed E-state index contributed by atoms with van der Waals surface area (Å²) in [7, 11) is 0. The van der Waals surface area contributed by atoms with Gasteiger partial charge in [0.15, 0.2) is 0 Å². The van der Waals surface area contributed by atoms with E-state index in [1.165, 1.54) is 6.42 Å². The molecular weight excluding hydrogens is 236 g/mol. The van der Waals surface area contributed by atoms with Crippen LogP contribution in [0.2, 0.25) is 0 Å². The third-order valence-corrected chi connectivity index (χ3v) is 3.36. The van der Waals surface area contributed by atoms with Gasteiger partial charge in [-0.05, 0) is 44.8 Å². The Morgan fingerprint density at radius 3 is 2.63 bits per heavy atom. The average Bonchev–Trinajstić information content (AvgIpc) is 2.56. The lowest BCUT2D eigenvalue weighted by Gasteiger charge is -2.22. The molecule has 0 amide bonds. The van der Waals surface area contributed by atoms with E-state index in [1.807, 2.05) is 6.20 Å². The van der Waals surface area contributed by atoms with E-state index in [1.54, 1.807) is 0 Å². The zero-order valence-corrected chi connectivity index (χ0v) is 12.9. The second kappa shape index (κ2) is 8.33. The zero-order chi connectivity index (χ0) is 14.3. The van der Waals surface area contributed by atoms with E-state index >= 15 is 0 Å². The maximum atomic E-state index is 8.36. The maximum Gasteiger partial charge on any atom is 0.0503 e. The van der Waals surface area contributed by atoms with Gasteiger partial charge in [0.05, 0.1) is 5.71 Å². The molecule has 0 saturated carbocycles. The molecule has 0 aromatic rings. The van der Waals surface area contributed by atoms with Crippen LogP contribution in [0.5, 0.6) is 0 Å². The van der Waals surface area contributed by atoms with Gasteiger partial charge in [-0.3, -0.25) is 4.90 Å². The highest BCUT2D eigenvalue weighted by atomic mass is 15.2. The molecule has 0 aromatic heterocycles. The molecule has 0 spiro atoms. The predicted octanol–water partition coefficient (Wildman–Crippen LogP) is 1.84. The van der Waals surface area contributed by atoms with Crippen molar-refractivity contribution in [1.82, 2.24) is 15.5 Å². The first-order chi connectivity index (χ1) is 9.00. The van der Waals surface area contributed by atoms with Crippen LogP contribution in [0.15, 0.2) is 11.8 Å². The molecular formula is C15H30N4. The molecule has 1 aliphatic heterocycles. The van der Waals surface area contributed by atoms with Gasteiger partial charge in [0.25, 0.3) is 0 Å². The van der Waals surface area contributed by atoms with Gasteiger partial charge in [-0.1, -0.05) is 13.8 Å².